The lowest BCUT2D eigenvalue weighted by atomic mass is 10.1. The zero-order chi connectivity index (χ0) is 15.7. The van der Waals surface area contributed by atoms with Gasteiger partial charge in [0.2, 0.25) is 5.91 Å². The average Bonchev–Trinajstić information content (AvgIpc) is 2.92. The molecule has 22 heavy (non-hydrogen) atoms. The van der Waals surface area contributed by atoms with Crippen molar-refractivity contribution in [3.8, 4) is 0 Å². The lowest BCUT2D eigenvalue weighted by molar-refractivity contribution is -0.130. The molecule has 0 unspecified atom stereocenters. The summed E-state index contributed by atoms with van der Waals surface area (Å²) in [7, 11) is 3.29. The molecule has 1 aliphatic rings. The molecule has 114 valence electrons. The van der Waals surface area contributed by atoms with E-state index in [4.69, 9.17) is 0 Å². The number of hydrazone groups is 1. The molecule has 2 aromatic heterocycles. The van der Waals surface area contributed by atoms with Gasteiger partial charge in [0.25, 0.3) is 5.91 Å². The van der Waals surface area contributed by atoms with Crippen molar-refractivity contribution in [2.45, 2.75) is 19.4 Å². The van der Waals surface area contributed by atoms with E-state index in [2.05, 4.69) is 10.1 Å². The van der Waals surface area contributed by atoms with Crippen molar-refractivity contribution >= 4 is 23.2 Å². The van der Waals surface area contributed by atoms with Crippen LogP contribution in [0.1, 0.15) is 18.5 Å². The highest BCUT2D eigenvalue weighted by atomic mass is 16.2. The van der Waals surface area contributed by atoms with Crippen LogP contribution in [-0.4, -0.2) is 50.9 Å². The minimum absolute atomic E-state index is 0.0685. The first-order chi connectivity index (χ1) is 10.6. The second-order valence-corrected chi connectivity index (χ2v) is 5.30. The molecule has 0 radical (unpaired) electrons. The Hall–Kier alpha value is -2.70. The van der Waals surface area contributed by atoms with E-state index in [0.29, 0.717) is 25.1 Å². The topological polar surface area (TPSA) is 70.3 Å². The minimum Gasteiger partial charge on any atom is -0.335 e. The number of carbonyl (C=O) groups is 2. The van der Waals surface area contributed by atoms with Gasteiger partial charge in [0, 0.05) is 33.1 Å². The molecule has 0 N–H and O–H groups in total. The molecule has 2 amide bonds. The second-order valence-electron chi connectivity index (χ2n) is 5.30. The zero-order valence-corrected chi connectivity index (χ0v) is 12.6. The summed E-state index contributed by atoms with van der Waals surface area (Å²) in [5.74, 6) is -0.230. The molecule has 1 aliphatic heterocycles. The van der Waals surface area contributed by atoms with Crippen LogP contribution in [-0.2, 0) is 16.1 Å². The Morgan fingerprint density at radius 2 is 2.18 bits per heavy atom. The molecule has 0 fully saturated rings. The van der Waals surface area contributed by atoms with Crippen LogP contribution in [0.4, 0.5) is 0 Å². The first-order valence-electron chi connectivity index (χ1n) is 7.06. The van der Waals surface area contributed by atoms with E-state index in [9.17, 15) is 9.59 Å². The zero-order valence-electron chi connectivity index (χ0n) is 12.6. The second kappa shape index (κ2) is 5.59. The Morgan fingerprint density at radius 1 is 1.36 bits per heavy atom. The minimum atomic E-state index is -0.162. The van der Waals surface area contributed by atoms with Gasteiger partial charge < -0.3 is 9.30 Å². The van der Waals surface area contributed by atoms with Crippen molar-refractivity contribution in [1.29, 1.82) is 0 Å². The van der Waals surface area contributed by atoms with Gasteiger partial charge in [0.1, 0.15) is 11.4 Å². The summed E-state index contributed by atoms with van der Waals surface area (Å²) < 4.78 is 1.95. The first-order valence-corrected chi connectivity index (χ1v) is 7.06. The number of imidazole rings is 1. The summed E-state index contributed by atoms with van der Waals surface area (Å²) in [5, 5.41) is 5.30. The summed E-state index contributed by atoms with van der Waals surface area (Å²) in [4.78, 5) is 29.8. The van der Waals surface area contributed by atoms with Crippen molar-refractivity contribution in [2.75, 3.05) is 14.1 Å². The molecular formula is C15H17N5O2. The maximum absolute atomic E-state index is 12.4. The predicted molar refractivity (Wildman–Crippen MR) is 81.1 cm³/mol. The fourth-order valence-corrected chi connectivity index (χ4v) is 2.46. The van der Waals surface area contributed by atoms with Crippen LogP contribution < -0.4 is 0 Å². The van der Waals surface area contributed by atoms with E-state index in [1.807, 2.05) is 28.8 Å². The maximum Gasteiger partial charge on any atom is 0.270 e. The van der Waals surface area contributed by atoms with Gasteiger partial charge in [-0.2, -0.15) is 5.10 Å². The molecular weight excluding hydrogens is 282 g/mol. The largest absolute Gasteiger partial charge is 0.335 e. The fourth-order valence-electron chi connectivity index (χ4n) is 2.46. The van der Waals surface area contributed by atoms with Crippen LogP contribution in [0.25, 0.3) is 5.65 Å². The smallest absolute Gasteiger partial charge is 0.270 e. The predicted octanol–water partition coefficient (Wildman–Crippen LogP) is 0.901. The van der Waals surface area contributed by atoms with Gasteiger partial charge in [0.05, 0.1) is 18.4 Å². The van der Waals surface area contributed by atoms with Gasteiger partial charge in [-0.3, -0.25) is 9.59 Å². The monoisotopic (exact) mass is 299 g/mol. The van der Waals surface area contributed by atoms with Crippen molar-refractivity contribution in [1.82, 2.24) is 19.3 Å². The highest BCUT2D eigenvalue weighted by molar-refractivity contribution is 6.39. The summed E-state index contributed by atoms with van der Waals surface area (Å²) in [6, 6.07) is 5.76. The molecule has 0 saturated heterocycles. The molecule has 0 aliphatic carbocycles. The quantitative estimate of drug-likeness (QED) is 0.845. The van der Waals surface area contributed by atoms with Gasteiger partial charge in [-0.25, -0.2) is 9.99 Å². The third-order valence-corrected chi connectivity index (χ3v) is 3.69. The summed E-state index contributed by atoms with van der Waals surface area (Å²) >= 11 is 0. The Balaban J connectivity index is 1.77. The molecule has 0 atom stereocenters. The number of hydrogen-bond acceptors (Lipinski definition) is 4. The summed E-state index contributed by atoms with van der Waals surface area (Å²) in [6.45, 7) is 0.431. The molecule has 0 saturated carbocycles. The molecule has 7 heteroatoms. The number of fused-ring (bicyclic) bond motifs is 1. The van der Waals surface area contributed by atoms with Crippen LogP contribution in [0.15, 0.2) is 35.7 Å². The van der Waals surface area contributed by atoms with E-state index < -0.39 is 0 Å². The summed E-state index contributed by atoms with van der Waals surface area (Å²) in [6.07, 6.45) is 4.39. The van der Waals surface area contributed by atoms with Crippen LogP contribution in [0, 0.1) is 0 Å². The van der Waals surface area contributed by atoms with Crippen LogP contribution in [0.3, 0.4) is 0 Å². The Labute approximate surface area is 127 Å². The number of rotatable bonds is 3. The number of hydrogen-bond donors (Lipinski definition) is 0. The van der Waals surface area contributed by atoms with Gasteiger partial charge in [-0.15, -0.1) is 0 Å². The molecule has 2 aromatic rings. The summed E-state index contributed by atoms with van der Waals surface area (Å²) in [5.41, 5.74) is 2.18. The number of nitrogens with zero attached hydrogens (tertiary/aromatic N) is 5. The third-order valence-electron chi connectivity index (χ3n) is 3.69. The first kappa shape index (κ1) is 14.2. The van der Waals surface area contributed by atoms with E-state index in [0.717, 1.165) is 11.3 Å². The van der Waals surface area contributed by atoms with E-state index in [1.165, 1.54) is 5.01 Å². The normalized spacial score (nSPS) is 15.1. The van der Waals surface area contributed by atoms with Gasteiger partial charge in [-0.1, -0.05) is 6.07 Å². The number of amides is 2. The SMILES string of the molecule is CN(Cc1cnc2ccccn12)C(=O)C1=NN(C)C(=O)CC1. The van der Waals surface area contributed by atoms with Gasteiger partial charge in [-0.05, 0) is 12.1 Å². The van der Waals surface area contributed by atoms with E-state index in [1.54, 1.807) is 25.2 Å². The molecule has 0 aromatic carbocycles. The molecule has 0 spiro atoms. The molecule has 3 rings (SSSR count). The van der Waals surface area contributed by atoms with Gasteiger partial charge in [0.15, 0.2) is 0 Å². The van der Waals surface area contributed by atoms with E-state index in [-0.39, 0.29) is 11.8 Å². The highest BCUT2D eigenvalue weighted by Crippen LogP contribution is 2.12. The lowest BCUT2D eigenvalue weighted by Crippen LogP contribution is -2.38. The van der Waals surface area contributed by atoms with Gasteiger partial charge >= 0.3 is 0 Å². The van der Waals surface area contributed by atoms with Crippen molar-refractivity contribution in [3.05, 3.63) is 36.3 Å². The Bertz CT molecular complexity index is 764. The number of aromatic nitrogens is 2. The maximum atomic E-state index is 12.4. The Kier molecular flexibility index (Phi) is 3.62. The number of pyridine rings is 1. The molecule has 3 heterocycles. The van der Waals surface area contributed by atoms with E-state index >= 15 is 0 Å². The molecule has 7 nitrogen and oxygen atoms in total. The lowest BCUT2D eigenvalue weighted by Gasteiger charge is -2.22. The Morgan fingerprint density at radius 3 is 2.95 bits per heavy atom. The standard InChI is InChI=1S/C15H17N5O2/c1-18(15(22)12-6-7-14(21)19(2)17-12)10-11-9-16-13-5-3-4-8-20(11)13/h3-5,8-9H,6-7,10H2,1-2H3. The van der Waals surface area contributed by atoms with Crippen molar-refractivity contribution in [2.24, 2.45) is 5.10 Å². The average molecular weight is 299 g/mol. The van der Waals surface area contributed by atoms with Crippen molar-refractivity contribution < 1.29 is 9.59 Å². The van der Waals surface area contributed by atoms with Crippen molar-refractivity contribution in [3.63, 3.8) is 0 Å². The van der Waals surface area contributed by atoms with Crippen LogP contribution in [0.5, 0.6) is 0 Å². The number of carbonyl (C=O) groups excluding carboxylic acids is 2. The third kappa shape index (κ3) is 2.57. The fraction of sp³-hybridized carbons (Fsp3) is 0.333. The van der Waals surface area contributed by atoms with Crippen LogP contribution >= 0.6 is 0 Å². The highest BCUT2D eigenvalue weighted by Gasteiger charge is 2.24. The molecule has 0 bridgehead atoms. The van der Waals surface area contributed by atoms with Crippen LogP contribution in [0.2, 0.25) is 0 Å².